The van der Waals surface area contributed by atoms with Gasteiger partial charge in [0.2, 0.25) is 0 Å². The van der Waals surface area contributed by atoms with Crippen LogP contribution in [0.15, 0.2) is 18.2 Å². The van der Waals surface area contributed by atoms with Gasteiger partial charge in [0.15, 0.2) is 0 Å². The molecule has 1 aliphatic heterocycles. The second-order valence-corrected chi connectivity index (χ2v) is 4.13. The molecule has 2 heterocycles. The number of ether oxygens (including phenoxy) is 1. The molecular weight excluding hydrogens is 188 g/mol. The first-order chi connectivity index (χ1) is 7.34. The largest absolute Gasteiger partial charge is 0.381 e. The van der Waals surface area contributed by atoms with Gasteiger partial charge in [-0.3, -0.25) is 4.98 Å². The Morgan fingerprint density at radius 2 is 2.47 bits per heavy atom. The first-order valence-electron chi connectivity index (χ1n) is 5.55. The number of rotatable bonds is 4. The molecule has 1 saturated heterocycles. The maximum absolute atomic E-state index is 5.32. The maximum Gasteiger partial charge on any atom is 0.0544 e. The van der Waals surface area contributed by atoms with Crippen molar-refractivity contribution in [3.63, 3.8) is 0 Å². The van der Waals surface area contributed by atoms with E-state index in [1.807, 2.05) is 13.0 Å². The Bertz CT molecular complexity index is 308. The van der Waals surface area contributed by atoms with Crippen LogP contribution < -0.4 is 5.32 Å². The van der Waals surface area contributed by atoms with Gasteiger partial charge in [0.1, 0.15) is 0 Å². The standard InChI is InChI=1S/C12H18N2O/c1-10-3-2-4-12(14-10)8-13-7-11-5-6-15-9-11/h2-4,11,13H,5-9H2,1H3. The van der Waals surface area contributed by atoms with Gasteiger partial charge < -0.3 is 10.1 Å². The molecule has 0 spiro atoms. The van der Waals surface area contributed by atoms with Crippen LogP contribution in [0.25, 0.3) is 0 Å². The molecule has 15 heavy (non-hydrogen) atoms. The van der Waals surface area contributed by atoms with Gasteiger partial charge >= 0.3 is 0 Å². The topological polar surface area (TPSA) is 34.1 Å². The first kappa shape index (κ1) is 10.6. The van der Waals surface area contributed by atoms with Crippen molar-refractivity contribution in [3.05, 3.63) is 29.6 Å². The van der Waals surface area contributed by atoms with Crippen LogP contribution in [-0.4, -0.2) is 24.7 Å². The summed E-state index contributed by atoms with van der Waals surface area (Å²) in [6, 6.07) is 6.14. The number of aromatic nitrogens is 1. The Balaban J connectivity index is 1.73. The summed E-state index contributed by atoms with van der Waals surface area (Å²) in [6.07, 6.45) is 1.19. The molecule has 1 aromatic rings. The average molecular weight is 206 g/mol. The molecule has 82 valence electrons. The van der Waals surface area contributed by atoms with Crippen molar-refractivity contribution in [1.82, 2.24) is 10.3 Å². The molecule has 0 amide bonds. The Labute approximate surface area is 90.9 Å². The number of nitrogens with zero attached hydrogens (tertiary/aromatic N) is 1. The van der Waals surface area contributed by atoms with Gasteiger partial charge in [0.25, 0.3) is 0 Å². The van der Waals surface area contributed by atoms with E-state index in [4.69, 9.17) is 4.74 Å². The van der Waals surface area contributed by atoms with Crippen LogP contribution in [0.2, 0.25) is 0 Å². The molecular formula is C12H18N2O. The minimum absolute atomic E-state index is 0.690. The van der Waals surface area contributed by atoms with Crippen LogP contribution >= 0.6 is 0 Å². The van der Waals surface area contributed by atoms with Crippen molar-refractivity contribution in [3.8, 4) is 0 Å². The van der Waals surface area contributed by atoms with Crippen LogP contribution in [0.1, 0.15) is 17.8 Å². The van der Waals surface area contributed by atoms with Gasteiger partial charge in [-0.2, -0.15) is 0 Å². The number of hydrogen-bond acceptors (Lipinski definition) is 3. The van der Waals surface area contributed by atoms with E-state index in [1.54, 1.807) is 0 Å². The normalized spacial score (nSPS) is 20.7. The second-order valence-electron chi connectivity index (χ2n) is 4.13. The lowest BCUT2D eigenvalue weighted by atomic mass is 10.1. The van der Waals surface area contributed by atoms with Crippen molar-refractivity contribution in [2.45, 2.75) is 19.9 Å². The minimum atomic E-state index is 0.690. The van der Waals surface area contributed by atoms with E-state index in [2.05, 4.69) is 22.4 Å². The fraction of sp³-hybridized carbons (Fsp3) is 0.583. The summed E-state index contributed by atoms with van der Waals surface area (Å²) < 4.78 is 5.32. The molecule has 3 nitrogen and oxygen atoms in total. The van der Waals surface area contributed by atoms with Crippen molar-refractivity contribution in [2.75, 3.05) is 19.8 Å². The van der Waals surface area contributed by atoms with Crippen molar-refractivity contribution >= 4 is 0 Å². The SMILES string of the molecule is Cc1cccc(CNCC2CCOC2)n1. The summed E-state index contributed by atoms with van der Waals surface area (Å²) in [5.74, 6) is 0.690. The Morgan fingerprint density at radius 1 is 1.53 bits per heavy atom. The molecule has 0 saturated carbocycles. The summed E-state index contributed by atoms with van der Waals surface area (Å²) >= 11 is 0. The van der Waals surface area contributed by atoms with Crippen LogP contribution in [0.3, 0.4) is 0 Å². The Kier molecular flexibility index (Phi) is 3.69. The third kappa shape index (κ3) is 3.29. The predicted molar refractivity (Wildman–Crippen MR) is 59.6 cm³/mol. The molecule has 0 bridgehead atoms. The van der Waals surface area contributed by atoms with Gasteiger partial charge in [0.05, 0.1) is 12.3 Å². The Hall–Kier alpha value is -0.930. The van der Waals surface area contributed by atoms with E-state index in [0.717, 1.165) is 37.7 Å². The van der Waals surface area contributed by atoms with Crippen LogP contribution in [-0.2, 0) is 11.3 Å². The number of nitrogens with one attached hydrogen (secondary N) is 1. The van der Waals surface area contributed by atoms with E-state index < -0.39 is 0 Å². The van der Waals surface area contributed by atoms with E-state index in [1.165, 1.54) is 6.42 Å². The highest BCUT2D eigenvalue weighted by Crippen LogP contribution is 2.10. The summed E-state index contributed by atoms with van der Waals surface area (Å²) in [5.41, 5.74) is 2.20. The predicted octanol–water partition coefficient (Wildman–Crippen LogP) is 1.52. The number of aryl methyl sites for hydroxylation is 1. The molecule has 1 unspecified atom stereocenters. The highest BCUT2D eigenvalue weighted by molar-refractivity contribution is 5.09. The van der Waals surface area contributed by atoms with E-state index >= 15 is 0 Å². The summed E-state index contributed by atoms with van der Waals surface area (Å²) in [7, 11) is 0. The zero-order valence-electron chi connectivity index (χ0n) is 9.20. The molecule has 0 aliphatic carbocycles. The third-order valence-corrected chi connectivity index (χ3v) is 2.71. The summed E-state index contributed by atoms with van der Waals surface area (Å²) in [4.78, 5) is 4.44. The highest BCUT2D eigenvalue weighted by Gasteiger charge is 2.14. The first-order valence-corrected chi connectivity index (χ1v) is 5.55. The highest BCUT2D eigenvalue weighted by atomic mass is 16.5. The molecule has 3 heteroatoms. The minimum Gasteiger partial charge on any atom is -0.381 e. The van der Waals surface area contributed by atoms with Crippen LogP contribution in [0, 0.1) is 12.8 Å². The maximum atomic E-state index is 5.32. The van der Waals surface area contributed by atoms with Gasteiger partial charge in [-0.05, 0) is 31.4 Å². The summed E-state index contributed by atoms with van der Waals surface area (Å²) in [6.45, 7) is 5.76. The van der Waals surface area contributed by atoms with E-state index in [-0.39, 0.29) is 0 Å². The monoisotopic (exact) mass is 206 g/mol. The van der Waals surface area contributed by atoms with Crippen molar-refractivity contribution < 1.29 is 4.74 Å². The lowest BCUT2D eigenvalue weighted by Crippen LogP contribution is -2.23. The average Bonchev–Trinajstić information content (AvgIpc) is 2.71. The lowest BCUT2D eigenvalue weighted by Gasteiger charge is -2.08. The fourth-order valence-corrected chi connectivity index (χ4v) is 1.85. The molecule has 0 radical (unpaired) electrons. The number of hydrogen-bond donors (Lipinski definition) is 1. The molecule has 0 aromatic carbocycles. The van der Waals surface area contributed by atoms with Crippen LogP contribution in [0.4, 0.5) is 0 Å². The number of pyridine rings is 1. The molecule has 1 fully saturated rings. The van der Waals surface area contributed by atoms with Gasteiger partial charge in [-0.15, -0.1) is 0 Å². The molecule has 1 aromatic heterocycles. The Morgan fingerprint density at radius 3 is 3.20 bits per heavy atom. The molecule has 1 aliphatic rings. The van der Waals surface area contributed by atoms with E-state index in [9.17, 15) is 0 Å². The quantitative estimate of drug-likeness (QED) is 0.811. The van der Waals surface area contributed by atoms with Gasteiger partial charge in [0, 0.05) is 25.4 Å². The zero-order valence-corrected chi connectivity index (χ0v) is 9.20. The van der Waals surface area contributed by atoms with Crippen LogP contribution in [0.5, 0.6) is 0 Å². The third-order valence-electron chi connectivity index (χ3n) is 2.71. The smallest absolute Gasteiger partial charge is 0.0544 e. The zero-order chi connectivity index (χ0) is 10.5. The fourth-order valence-electron chi connectivity index (χ4n) is 1.85. The molecule has 1 atom stereocenters. The summed E-state index contributed by atoms with van der Waals surface area (Å²) in [5, 5.41) is 3.43. The second kappa shape index (κ2) is 5.24. The van der Waals surface area contributed by atoms with E-state index in [0.29, 0.717) is 5.92 Å². The van der Waals surface area contributed by atoms with Crippen molar-refractivity contribution in [1.29, 1.82) is 0 Å². The van der Waals surface area contributed by atoms with Crippen molar-refractivity contribution in [2.24, 2.45) is 5.92 Å². The molecule has 1 N–H and O–H groups in total. The van der Waals surface area contributed by atoms with Gasteiger partial charge in [-0.25, -0.2) is 0 Å². The lowest BCUT2D eigenvalue weighted by molar-refractivity contribution is 0.185. The van der Waals surface area contributed by atoms with Gasteiger partial charge in [-0.1, -0.05) is 6.07 Å². The molecule has 2 rings (SSSR count).